The monoisotopic (exact) mass is 418 g/mol. The molecule has 3 N–H and O–H groups in total. The molecule has 0 unspecified atom stereocenters. The number of rotatable bonds is 5. The van der Waals surface area contributed by atoms with E-state index in [1.54, 1.807) is 31.2 Å². The van der Waals surface area contributed by atoms with Gasteiger partial charge in [-0.15, -0.1) is 0 Å². The van der Waals surface area contributed by atoms with Crippen molar-refractivity contribution in [3.05, 3.63) is 70.4 Å². The number of pyridine rings is 1. The Morgan fingerprint density at radius 2 is 1.63 bits per heavy atom. The number of alkyl halides is 3. The van der Waals surface area contributed by atoms with Gasteiger partial charge in [0, 0.05) is 12.5 Å². The first-order valence-corrected chi connectivity index (χ1v) is 8.89. The number of ether oxygens (including phenoxy) is 1. The topological polar surface area (TPSA) is 91.4 Å². The van der Waals surface area contributed by atoms with Crippen molar-refractivity contribution >= 4 is 11.7 Å². The molecule has 0 saturated carbocycles. The van der Waals surface area contributed by atoms with Gasteiger partial charge in [-0.05, 0) is 54.1 Å². The number of carbonyl (C=O) groups is 1. The van der Waals surface area contributed by atoms with Gasteiger partial charge in [-0.2, -0.15) is 13.2 Å². The summed E-state index contributed by atoms with van der Waals surface area (Å²) >= 11 is 0. The second kappa shape index (κ2) is 8.32. The maximum atomic E-state index is 12.6. The molecule has 1 amide bonds. The second-order valence-electron chi connectivity index (χ2n) is 6.32. The molecule has 6 nitrogen and oxygen atoms in total. The van der Waals surface area contributed by atoms with Crippen molar-refractivity contribution < 1.29 is 27.8 Å². The summed E-state index contributed by atoms with van der Waals surface area (Å²) < 4.78 is 43.4. The van der Waals surface area contributed by atoms with Crippen LogP contribution in [-0.4, -0.2) is 16.0 Å². The van der Waals surface area contributed by atoms with Crippen molar-refractivity contribution in [2.24, 2.45) is 0 Å². The Kier molecular flexibility index (Phi) is 5.81. The van der Waals surface area contributed by atoms with Gasteiger partial charge < -0.3 is 20.1 Å². The zero-order valence-electron chi connectivity index (χ0n) is 15.7. The number of H-pyrrole nitrogens is 1. The van der Waals surface area contributed by atoms with Gasteiger partial charge in [0.25, 0.3) is 0 Å². The van der Waals surface area contributed by atoms with E-state index in [0.29, 0.717) is 17.0 Å². The van der Waals surface area contributed by atoms with E-state index in [2.05, 4.69) is 10.3 Å². The lowest BCUT2D eigenvalue weighted by Gasteiger charge is -2.11. The first-order valence-electron chi connectivity index (χ1n) is 8.89. The quantitative estimate of drug-likeness (QED) is 0.549. The summed E-state index contributed by atoms with van der Waals surface area (Å²) in [5.74, 6) is -0.465. The molecule has 2 aromatic carbocycles. The normalized spacial score (nSPS) is 11.2. The fraction of sp³-hybridized carbons (Fsp3) is 0.143. The van der Waals surface area contributed by atoms with E-state index >= 15 is 0 Å². The highest BCUT2D eigenvalue weighted by molar-refractivity contribution is 5.91. The predicted molar refractivity (Wildman–Crippen MR) is 105 cm³/mol. The largest absolute Gasteiger partial charge is 0.502 e. The van der Waals surface area contributed by atoms with Crippen LogP contribution in [-0.2, 0) is 11.0 Å². The van der Waals surface area contributed by atoms with Crippen molar-refractivity contribution in [3.8, 4) is 28.5 Å². The summed E-state index contributed by atoms with van der Waals surface area (Å²) in [6, 6.07) is 11.9. The number of aromatic amines is 1. The summed E-state index contributed by atoms with van der Waals surface area (Å²) in [5, 5.41) is 12.3. The Labute approximate surface area is 169 Å². The van der Waals surface area contributed by atoms with Crippen molar-refractivity contribution in [3.63, 3.8) is 0 Å². The third kappa shape index (κ3) is 4.80. The number of carbonyl (C=O) groups excluding carboxylic acids is 1. The number of hydrogen-bond acceptors (Lipinski definition) is 4. The number of benzene rings is 2. The van der Waals surface area contributed by atoms with Gasteiger partial charge in [0.2, 0.25) is 17.1 Å². The van der Waals surface area contributed by atoms with E-state index in [1.165, 1.54) is 18.2 Å². The maximum absolute atomic E-state index is 12.6. The van der Waals surface area contributed by atoms with Crippen molar-refractivity contribution in [2.75, 3.05) is 5.32 Å². The summed E-state index contributed by atoms with van der Waals surface area (Å²) in [4.78, 5) is 26.3. The summed E-state index contributed by atoms with van der Waals surface area (Å²) in [7, 11) is 0. The molecular formula is C21H17F3N2O4. The Morgan fingerprint density at radius 3 is 2.17 bits per heavy atom. The minimum Gasteiger partial charge on any atom is -0.502 e. The lowest BCUT2D eigenvalue weighted by atomic mass is 10.1. The van der Waals surface area contributed by atoms with Gasteiger partial charge in [0.05, 0.1) is 11.3 Å². The molecule has 1 aromatic heterocycles. The molecule has 0 saturated heterocycles. The first kappa shape index (κ1) is 21.0. The molecule has 3 aromatic rings. The zero-order chi connectivity index (χ0) is 21.9. The fourth-order valence-electron chi connectivity index (χ4n) is 2.58. The van der Waals surface area contributed by atoms with Crippen LogP contribution in [0.4, 0.5) is 19.0 Å². The summed E-state index contributed by atoms with van der Waals surface area (Å²) in [6.07, 6.45) is -4.25. The summed E-state index contributed by atoms with van der Waals surface area (Å²) in [6.45, 7) is 1.63. The van der Waals surface area contributed by atoms with Crippen molar-refractivity contribution in [2.45, 2.75) is 19.5 Å². The predicted octanol–water partition coefficient (Wildman–Crippen LogP) is 4.91. The highest BCUT2D eigenvalue weighted by Gasteiger charge is 2.30. The minimum atomic E-state index is -4.42. The molecular weight excluding hydrogens is 401 g/mol. The van der Waals surface area contributed by atoms with Crippen LogP contribution >= 0.6 is 0 Å². The van der Waals surface area contributed by atoms with E-state index in [9.17, 15) is 27.9 Å². The molecule has 3 rings (SSSR count). The highest BCUT2D eigenvalue weighted by Crippen LogP contribution is 2.32. The SMILES string of the molecule is CCC(=O)Nc1[nH]c(-c2ccc(Oc3ccc(C(F)(F)F)cc3)cc2)cc(=O)c1O. The third-order valence-corrected chi connectivity index (χ3v) is 4.17. The molecule has 0 bridgehead atoms. The van der Waals surface area contributed by atoms with E-state index < -0.39 is 22.9 Å². The summed E-state index contributed by atoms with van der Waals surface area (Å²) in [5.41, 5.74) is -0.517. The fourth-order valence-corrected chi connectivity index (χ4v) is 2.58. The molecule has 0 aliphatic rings. The average molecular weight is 418 g/mol. The standard InChI is InChI=1S/C21H17F3N2O4/c1-2-18(28)26-20-19(29)17(27)11-16(25-20)12-3-7-14(8-4-12)30-15-9-5-13(6-10-15)21(22,23)24/h3-11,29H,2H2,1H3,(H2,25,26,27,28). The number of amides is 1. The van der Waals surface area contributed by atoms with Crippen LogP contribution in [0.5, 0.6) is 17.2 Å². The van der Waals surface area contributed by atoms with Gasteiger partial charge in [0.15, 0.2) is 5.82 Å². The first-order chi connectivity index (χ1) is 14.2. The van der Waals surface area contributed by atoms with Crippen LogP contribution in [0.2, 0.25) is 0 Å². The average Bonchev–Trinajstić information content (AvgIpc) is 2.71. The second-order valence-corrected chi connectivity index (χ2v) is 6.32. The van der Waals surface area contributed by atoms with Gasteiger partial charge in [-0.25, -0.2) is 0 Å². The number of aromatic hydroxyl groups is 1. The third-order valence-electron chi connectivity index (χ3n) is 4.17. The number of nitrogens with one attached hydrogen (secondary N) is 2. The van der Waals surface area contributed by atoms with Crippen molar-refractivity contribution in [1.82, 2.24) is 4.98 Å². The number of aromatic nitrogens is 1. The number of anilines is 1. The Bertz CT molecular complexity index is 1110. The molecule has 9 heteroatoms. The molecule has 156 valence electrons. The Morgan fingerprint density at radius 1 is 1.07 bits per heavy atom. The molecule has 0 atom stereocenters. The van der Waals surface area contributed by atoms with Gasteiger partial charge in [0.1, 0.15) is 11.5 Å². The zero-order valence-corrected chi connectivity index (χ0v) is 15.7. The van der Waals surface area contributed by atoms with Gasteiger partial charge in [-0.3, -0.25) is 9.59 Å². The molecule has 0 fully saturated rings. The number of halogens is 3. The van der Waals surface area contributed by atoms with Gasteiger partial charge in [-0.1, -0.05) is 6.92 Å². The molecule has 30 heavy (non-hydrogen) atoms. The Balaban J connectivity index is 1.80. The lowest BCUT2D eigenvalue weighted by molar-refractivity contribution is -0.137. The van der Waals surface area contributed by atoms with E-state index in [-0.39, 0.29) is 23.9 Å². The smallest absolute Gasteiger partial charge is 0.416 e. The molecule has 0 spiro atoms. The molecule has 0 aliphatic carbocycles. The van der Waals surface area contributed by atoms with E-state index in [1.807, 2.05) is 0 Å². The van der Waals surface area contributed by atoms with Crippen LogP contribution < -0.4 is 15.5 Å². The highest BCUT2D eigenvalue weighted by atomic mass is 19.4. The van der Waals surface area contributed by atoms with E-state index in [4.69, 9.17) is 4.74 Å². The molecule has 1 heterocycles. The van der Waals surface area contributed by atoms with E-state index in [0.717, 1.165) is 12.1 Å². The van der Waals surface area contributed by atoms with Crippen molar-refractivity contribution in [1.29, 1.82) is 0 Å². The maximum Gasteiger partial charge on any atom is 0.416 e. The molecule has 0 radical (unpaired) electrons. The van der Waals surface area contributed by atoms with Crippen LogP contribution in [0, 0.1) is 0 Å². The van der Waals surface area contributed by atoms with Crippen LogP contribution in [0.1, 0.15) is 18.9 Å². The van der Waals surface area contributed by atoms with Crippen LogP contribution in [0.25, 0.3) is 11.3 Å². The lowest BCUT2D eigenvalue weighted by Crippen LogP contribution is -2.14. The van der Waals surface area contributed by atoms with Gasteiger partial charge >= 0.3 is 6.18 Å². The molecule has 0 aliphatic heterocycles. The van der Waals surface area contributed by atoms with Crippen LogP contribution in [0.3, 0.4) is 0 Å². The Hall–Kier alpha value is -3.75. The minimum absolute atomic E-state index is 0.102. The van der Waals surface area contributed by atoms with Crippen LogP contribution in [0.15, 0.2) is 59.4 Å². The number of hydrogen-bond donors (Lipinski definition) is 3.